The van der Waals surface area contributed by atoms with Crippen LogP contribution in [0, 0.1) is 0 Å². The van der Waals surface area contributed by atoms with Gasteiger partial charge in [0, 0.05) is 38.6 Å². The molecule has 2 heterocycles. The van der Waals surface area contributed by atoms with E-state index in [2.05, 4.69) is 10.3 Å². The van der Waals surface area contributed by atoms with Crippen LogP contribution in [0.15, 0.2) is 10.9 Å². The third kappa shape index (κ3) is 3.05. The first kappa shape index (κ1) is 13.0. The highest BCUT2D eigenvalue weighted by Gasteiger charge is 2.23. The molecule has 1 aliphatic rings. The minimum absolute atomic E-state index is 0.00859. The summed E-state index contributed by atoms with van der Waals surface area (Å²) in [5.74, 6) is -0.00915. The van der Waals surface area contributed by atoms with Crippen LogP contribution in [-0.2, 0) is 4.79 Å². The van der Waals surface area contributed by atoms with E-state index in [1.807, 2.05) is 4.90 Å². The molecule has 2 amide bonds. The second kappa shape index (κ2) is 5.92. The highest BCUT2D eigenvalue weighted by molar-refractivity contribution is 7.07. The van der Waals surface area contributed by atoms with Crippen molar-refractivity contribution in [2.24, 2.45) is 0 Å². The molecule has 0 radical (unpaired) electrons. The zero-order valence-electron chi connectivity index (χ0n) is 10.3. The molecule has 0 saturated carbocycles. The first-order valence-electron chi connectivity index (χ1n) is 5.81. The van der Waals surface area contributed by atoms with Crippen molar-refractivity contribution in [3.05, 3.63) is 16.6 Å². The van der Waals surface area contributed by atoms with Gasteiger partial charge in [-0.25, -0.2) is 4.98 Å². The number of carbonyl (C=O) groups is 2. The number of rotatable bonds is 3. The van der Waals surface area contributed by atoms with Crippen LogP contribution in [0.3, 0.4) is 0 Å². The molecule has 1 aromatic rings. The van der Waals surface area contributed by atoms with Crippen LogP contribution in [0.25, 0.3) is 0 Å². The molecule has 2 rings (SSSR count). The Morgan fingerprint density at radius 1 is 1.39 bits per heavy atom. The number of nitrogens with zero attached hydrogens (tertiary/aromatic N) is 3. The number of likely N-dealkylation sites (N-methyl/N-ethyl adjacent to an activating group) is 1. The van der Waals surface area contributed by atoms with Gasteiger partial charge in [-0.3, -0.25) is 14.5 Å². The third-order valence-corrected chi connectivity index (χ3v) is 3.54. The van der Waals surface area contributed by atoms with E-state index in [0.29, 0.717) is 25.3 Å². The summed E-state index contributed by atoms with van der Waals surface area (Å²) in [5.41, 5.74) is 2.18. The van der Waals surface area contributed by atoms with Crippen LogP contribution >= 0.6 is 11.3 Å². The van der Waals surface area contributed by atoms with Gasteiger partial charge in [-0.05, 0) is 0 Å². The van der Waals surface area contributed by atoms with E-state index in [1.165, 1.54) is 11.3 Å². The lowest BCUT2D eigenvalue weighted by atomic mass is 10.3. The smallest absolute Gasteiger partial charge is 0.273 e. The van der Waals surface area contributed by atoms with Crippen LogP contribution in [0.5, 0.6) is 0 Å². The summed E-state index contributed by atoms with van der Waals surface area (Å²) < 4.78 is 0. The number of hydrogen-bond donors (Lipinski definition) is 1. The second-order valence-electron chi connectivity index (χ2n) is 4.12. The van der Waals surface area contributed by atoms with Gasteiger partial charge in [-0.1, -0.05) is 0 Å². The van der Waals surface area contributed by atoms with E-state index in [9.17, 15) is 9.59 Å². The highest BCUT2D eigenvalue weighted by atomic mass is 32.1. The molecule has 0 aromatic carbocycles. The van der Waals surface area contributed by atoms with Crippen LogP contribution in [0.1, 0.15) is 10.5 Å². The topological polar surface area (TPSA) is 65.5 Å². The fourth-order valence-electron chi connectivity index (χ4n) is 1.87. The van der Waals surface area contributed by atoms with Crippen molar-refractivity contribution in [1.29, 1.82) is 0 Å². The predicted octanol–water partition coefficient (Wildman–Crippen LogP) is -0.353. The Labute approximate surface area is 110 Å². The van der Waals surface area contributed by atoms with Crippen molar-refractivity contribution in [2.75, 3.05) is 39.8 Å². The van der Waals surface area contributed by atoms with Crippen molar-refractivity contribution >= 4 is 23.2 Å². The zero-order chi connectivity index (χ0) is 13.0. The molecule has 1 aliphatic heterocycles. The van der Waals surface area contributed by atoms with E-state index in [4.69, 9.17) is 0 Å². The van der Waals surface area contributed by atoms with Crippen molar-refractivity contribution in [2.45, 2.75) is 0 Å². The largest absolute Gasteiger partial charge is 0.358 e. The quantitative estimate of drug-likeness (QED) is 0.813. The number of nitrogens with one attached hydrogen (secondary N) is 1. The number of hydrogen-bond acceptors (Lipinski definition) is 5. The van der Waals surface area contributed by atoms with E-state index in [0.717, 1.165) is 13.1 Å². The molecule has 0 atom stereocenters. The van der Waals surface area contributed by atoms with Gasteiger partial charge in [0.15, 0.2) is 0 Å². The molecule has 0 aliphatic carbocycles. The third-order valence-electron chi connectivity index (χ3n) is 2.96. The molecule has 1 fully saturated rings. The van der Waals surface area contributed by atoms with Crippen LogP contribution in [0.4, 0.5) is 0 Å². The SMILES string of the molecule is CNC(=O)CN1CCN(C(=O)c2cscn2)CC1. The summed E-state index contributed by atoms with van der Waals surface area (Å²) in [7, 11) is 1.63. The fourth-order valence-corrected chi connectivity index (χ4v) is 2.40. The molecule has 0 unspecified atom stereocenters. The number of carbonyl (C=O) groups excluding carboxylic acids is 2. The van der Waals surface area contributed by atoms with Crippen LogP contribution in [-0.4, -0.2) is 66.4 Å². The van der Waals surface area contributed by atoms with E-state index in [-0.39, 0.29) is 11.8 Å². The zero-order valence-corrected chi connectivity index (χ0v) is 11.1. The maximum Gasteiger partial charge on any atom is 0.273 e. The summed E-state index contributed by atoms with van der Waals surface area (Å²) in [6, 6.07) is 0. The van der Waals surface area contributed by atoms with Crippen molar-refractivity contribution in [1.82, 2.24) is 20.1 Å². The number of amides is 2. The maximum absolute atomic E-state index is 12.0. The molecule has 1 aromatic heterocycles. The van der Waals surface area contributed by atoms with Crippen molar-refractivity contribution in [3.8, 4) is 0 Å². The average Bonchev–Trinajstić information content (AvgIpc) is 2.92. The fraction of sp³-hybridized carbons (Fsp3) is 0.545. The Balaban J connectivity index is 1.83. The lowest BCUT2D eigenvalue weighted by molar-refractivity contribution is -0.122. The van der Waals surface area contributed by atoms with Crippen LogP contribution in [0.2, 0.25) is 0 Å². The molecular formula is C11H16N4O2S. The van der Waals surface area contributed by atoms with E-state index in [1.54, 1.807) is 22.8 Å². The molecule has 18 heavy (non-hydrogen) atoms. The molecule has 6 nitrogen and oxygen atoms in total. The van der Waals surface area contributed by atoms with Gasteiger partial charge in [-0.15, -0.1) is 11.3 Å². The van der Waals surface area contributed by atoms with E-state index >= 15 is 0 Å². The van der Waals surface area contributed by atoms with Crippen molar-refractivity contribution < 1.29 is 9.59 Å². The maximum atomic E-state index is 12.0. The van der Waals surface area contributed by atoms with Gasteiger partial charge in [-0.2, -0.15) is 0 Å². The molecule has 1 saturated heterocycles. The monoisotopic (exact) mass is 268 g/mol. The molecule has 98 valence electrons. The Hall–Kier alpha value is -1.47. The first-order chi connectivity index (χ1) is 8.70. The molecule has 1 N–H and O–H groups in total. The standard InChI is InChI=1S/C11H16N4O2S/c1-12-10(16)6-14-2-4-15(5-3-14)11(17)9-7-18-8-13-9/h7-8H,2-6H2,1H3,(H,12,16). The number of aromatic nitrogens is 1. The summed E-state index contributed by atoms with van der Waals surface area (Å²) in [4.78, 5) is 31.1. The minimum atomic E-state index is -0.0177. The van der Waals surface area contributed by atoms with Gasteiger partial charge in [0.25, 0.3) is 5.91 Å². The van der Waals surface area contributed by atoms with Crippen molar-refractivity contribution in [3.63, 3.8) is 0 Å². The first-order valence-corrected chi connectivity index (χ1v) is 6.75. The lowest BCUT2D eigenvalue weighted by Crippen LogP contribution is -2.50. The number of thiazole rings is 1. The normalized spacial score (nSPS) is 16.6. The molecule has 0 spiro atoms. The Bertz CT molecular complexity index is 413. The Morgan fingerprint density at radius 3 is 2.67 bits per heavy atom. The Morgan fingerprint density at radius 2 is 2.11 bits per heavy atom. The van der Waals surface area contributed by atoms with Gasteiger partial charge < -0.3 is 10.2 Å². The molecule has 0 bridgehead atoms. The number of piperazine rings is 1. The lowest BCUT2D eigenvalue weighted by Gasteiger charge is -2.33. The Kier molecular flexibility index (Phi) is 4.27. The molecule has 7 heteroatoms. The van der Waals surface area contributed by atoms with Gasteiger partial charge >= 0.3 is 0 Å². The van der Waals surface area contributed by atoms with Gasteiger partial charge in [0.2, 0.25) is 5.91 Å². The highest BCUT2D eigenvalue weighted by Crippen LogP contribution is 2.08. The summed E-state index contributed by atoms with van der Waals surface area (Å²) in [6.45, 7) is 3.14. The summed E-state index contributed by atoms with van der Waals surface area (Å²) >= 11 is 1.42. The minimum Gasteiger partial charge on any atom is -0.358 e. The molecular weight excluding hydrogens is 252 g/mol. The predicted molar refractivity (Wildman–Crippen MR) is 68.5 cm³/mol. The average molecular weight is 268 g/mol. The second-order valence-corrected chi connectivity index (χ2v) is 4.83. The van der Waals surface area contributed by atoms with Gasteiger partial charge in [0.05, 0.1) is 12.1 Å². The van der Waals surface area contributed by atoms with Gasteiger partial charge in [0.1, 0.15) is 5.69 Å². The van der Waals surface area contributed by atoms with E-state index < -0.39 is 0 Å². The summed E-state index contributed by atoms with van der Waals surface area (Å²) in [6.07, 6.45) is 0. The summed E-state index contributed by atoms with van der Waals surface area (Å²) in [5, 5.41) is 4.36. The van der Waals surface area contributed by atoms with Crippen LogP contribution < -0.4 is 5.32 Å².